The Kier molecular flexibility index (Phi) is 3.24. The highest BCUT2D eigenvalue weighted by Gasteiger charge is 2.12. The summed E-state index contributed by atoms with van der Waals surface area (Å²) in [5.74, 6) is 0.969. The van der Waals surface area contributed by atoms with Crippen LogP contribution in [-0.4, -0.2) is 9.55 Å². The average molecular weight is 225 g/mol. The zero-order valence-electron chi connectivity index (χ0n) is 10.1. The van der Waals surface area contributed by atoms with Gasteiger partial charge in [-0.2, -0.15) is 5.26 Å². The third-order valence-corrected chi connectivity index (χ3v) is 2.83. The molecule has 0 atom stereocenters. The van der Waals surface area contributed by atoms with E-state index < -0.39 is 0 Å². The van der Waals surface area contributed by atoms with Gasteiger partial charge in [-0.05, 0) is 13.8 Å². The van der Waals surface area contributed by atoms with E-state index in [9.17, 15) is 0 Å². The van der Waals surface area contributed by atoms with Crippen LogP contribution in [0.3, 0.4) is 0 Å². The minimum atomic E-state index is 0.510. The highest BCUT2D eigenvalue weighted by atomic mass is 15.1. The maximum Gasteiger partial charge on any atom is 0.106 e. The van der Waals surface area contributed by atoms with Gasteiger partial charge in [-0.15, -0.1) is 0 Å². The number of aryl methyl sites for hydroxylation is 2. The molecule has 0 saturated carbocycles. The van der Waals surface area contributed by atoms with Crippen molar-refractivity contribution < 1.29 is 0 Å². The molecule has 17 heavy (non-hydrogen) atoms. The van der Waals surface area contributed by atoms with Crippen LogP contribution in [0.4, 0.5) is 0 Å². The lowest BCUT2D eigenvalue weighted by atomic mass is 10.1. The molecule has 0 N–H and O–H groups in total. The number of hydrogen-bond acceptors (Lipinski definition) is 2. The van der Waals surface area contributed by atoms with Gasteiger partial charge in [-0.3, -0.25) is 0 Å². The fraction of sp³-hybridized carbons (Fsp3) is 0.286. The summed E-state index contributed by atoms with van der Waals surface area (Å²) < 4.78 is 2.12. The van der Waals surface area contributed by atoms with Gasteiger partial charge in [0.25, 0.3) is 0 Å². The topological polar surface area (TPSA) is 41.6 Å². The first kappa shape index (κ1) is 11.4. The van der Waals surface area contributed by atoms with E-state index in [1.807, 2.05) is 32.0 Å². The van der Waals surface area contributed by atoms with Crippen LogP contribution in [0.5, 0.6) is 0 Å². The first-order valence-electron chi connectivity index (χ1n) is 5.70. The van der Waals surface area contributed by atoms with Gasteiger partial charge in [-0.25, -0.2) is 4.98 Å². The molecule has 0 fully saturated rings. The van der Waals surface area contributed by atoms with Crippen LogP contribution >= 0.6 is 0 Å². The predicted molar refractivity (Wildman–Crippen MR) is 67.4 cm³/mol. The van der Waals surface area contributed by atoms with Crippen molar-refractivity contribution in [3.63, 3.8) is 0 Å². The molecule has 0 bridgehead atoms. The monoisotopic (exact) mass is 225 g/mol. The Bertz CT molecular complexity index is 547. The number of benzene rings is 1. The fourth-order valence-electron chi connectivity index (χ4n) is 2.11. The molecular weight excluding hydrogens is 210 g/mol. The lowest BCUT2D eigenvalue weighted by Gasteiger charge is -2.09. The Morgan fingerprint density at radius 1 is 1.24 bits per heavy atom. The number of nitriles is 1. The Hall–Kier alpha value is -2.08. The molecule has 0 spiro atoms. The highest BCUT2D eigenvalue weighted by molar-refractivity contribution is 5.62. The predicted octanol–water partition coefficient (Wildman–Crippen LogP) is 3.08. The van der Waals surface area contributed by atoms with E-state index in [-0.39, 0.29) is 0 Å². The zero-order chi connectivity index (χ0) is 12.3. The molecule has 3 nitrogen and oxygen atoms in total. The van der Waals surface area contributed by atoms with Gasteiger partial charge < -0.3 is 4.57 Å². The second-order valence-electron chi connectivity index (χ2n) is 4.02. The van der Waals surface area contributed by atoms with Crippen molar-refractivity contribution in [2.75, 3.05) is 0 Å². The molecule has 0 aliphatic carbocycles. The molecule has 2 aromatic rings. The molecule has 2 rings (SSSR count). The molecule has 1 aromatic carbocycles. The number of imidazole rings is 1. The Morgan fingerprint density at radius 3 is 2.59 bits per heavy atom. The summed E-state index contributed by atoms with van der Waals surface area (Å²) in [6.45, 7) is 4.70. The summed E-state index contributed by atoms with van der Waals surface area (Å²) in [6, 6.07) is 12.4. The van der Waals surface area contributed by atoms with Crippen LogP contribution in [0, 0.1) is 25.2 Å². The quantitative estimate of drug-likeness (QED) is 0.805. The number of rotatable bonds is 3. The second kappa shape index (κ2) is 4.84. The van der Waals surface area contributed by atoms with Gasteiger partial charge in [0, 0.05) is 12.1 Å². The van der Waals surface area contributed by atoms with Crippen molar-refractivity contribution in [2.45, 2.75) is 26.8 Å². The first-order chi connectivity index (χ1) is 8.24. The normalized spacial score (nSPS) is 10.2. The fourth-order valence-corrected chi connectivity index (χ4v) is 2.11. The van der Waals surface area contributed by atoms with E-state index >= 15 is 0 Å². The van der Waals surface area contributed by atoms with Crippen LogP contribution in [0.1, 0.15) is 17.9 Å². The van der Waals surface area contributed by atoms with E-state index in [0.29, 0.717) is 13.0 Å². The standard InChI is InChI=1S/C14H15N3/c1-11-14(13-7-4-3-5-8-13)17(10-6-9-15)12(2)16-11/h3-5,7-8H,6,10H2,1-2H3. The summed E-state index contributed by atoms with van der Waals surface area (Å²) >= 11 is 0. The van der Waals surface area contributed by atoms with Gasteiger partial charge in [0.1, 0.15) is 5.82 Å². The van der Waals surface area contributed by atoms with Gasteiger partial charge in [0.2, 0.25) is 0 Å². The average Bonchev–Trinajstić information content (AvgIpc) is 2.62. The second-order valence-corrected chi connectivity index (χ2v) is 4.02. The first-order valence-corrected chi connectivity index (χ1v) is 5.70. The van der Waals surface area contributed by atoms with E-state index in [4.69, 9.17) is 5.26 Å². The maximum absolute atomic E-state index is 8.70. The summed E-state index contributed by atoms with van der Waals surface area (Å²) in [6.07, 6.45) is 0.510. The smallest absolute Gasteiger partial charge is 0.106 e. The van der Waals surface area contributed by atoms with Gasteiger partial charge in [0.05, 0.1) is 23.9 Å². The molecule has 0 unspecified atom stereocenters. The Morgan fingerprint density at radius 2 is 1.94 bits per heavy atom. The van der Waals surface area contributed by atoms with Crippen LogP contribution < -0.4 is 0 Å². The van der Waals surface area contributed by atoms with Crippen molar-refractivity contribution in [3.8, 4) is 17.3 Å². The van der Waals surface area contributed by atoms with Gasteiger partial charge in [0.15, 0.2) is 0 Å². The van der Waals surface area contributed by atoms with Crippen molar-refractivity contribution in [3.05, 3.63) is 41.9 Å². The molecule has 86 valence electrons. The van der Waals surface area contributed by atoms with E-state index in [2.05, 4.69) is 27.8 Å². The molecule has 3 heteroatoms. The van der Waals surface area contributed by atoms with Crippen molar-refractivity contribution in [1.82, 2.24) is 9.55 Å². The van der Waals surface area contributed by atoms with Crippen LogP contribution in [-0.2, 0) is 6.54 Å². The minimum Gasteiger partial charge on any atom is -0.327 e. The van der Waals surface area contributed by atoms with E-state index in [1.165, 1.54) is 0 Å². The number of nitrogens with zero attached hydrogens (tertiary/aromatic N) is 3. The SMILES string of the molecule is Cc1nc(C)n(CCC#N)c1-c1ccccc1. The van der Waals surface area contributed by atoms with Crippen molar-refractivity contribution >= 4 is 0 Å². The lowest BCUT2D eigenvalue weighted by Crippen LogP contribution is -2.02. The summed E-state index contributed by atoms with van der Waals surface area (Å²) in [7, 11) is 0. The van der Waals surface area contributed by atoms with Crippen LogP contribution in [0.15, 0.2) is 30.3 Å². The van der Waals surface area contributed by atoms with Gasteiger partial charge in [-0.1, -0.05) is 30.3 Å². The molecule has 0 aliphatic heterocycles. The third-order valence-electron chi connectivity index (χ3n) is 2.83. The summed E-state index contributed by atoms with van der Waals surface area (Å²) in [5, 5.41) is 8.70. The van der Waals surface area contributed by atoms with E-state index in [0.717, 1.165) is 22.8 Å². The summed E-state index contributed by atoms with van der Waals surface area (Å²) in [4.78, 5) is 4.49. The van der Waals surface area contributed by atoms with Crippen molar-refractivity contribution in [2.24, 2.45) is 0 Å². The molecule has 0 saturated heterocycles. The molecule has 0 aliphatic rings. The third kappa shape index (κ3) is 2.21. The number of hydrogen-bond donors (Lipinski definition) is 0. The largest absolute Gasteiger partial charge is 0.327 e. The van der Waals surface area contributed by atoms with Crippen LogP contribution in [0.2, 0.25) is 0 Å². The van der Waals surface area contributed by atoms with Gasteiger partial charge >= 0.3 is 0 Å². The Balaban J connectivity index is 2.50. The van der Waals surface area contributed by atoms with Crippen molar-refractivity contribution in [1.29, 1.82) is 5.26 Å². The zero-order valence-corrected chi connectivity index (χ0v) is 10.1. The molecule has 1 heterocycles. The molecular formula is C14H15N3. The van der Waals surface area contributed by atoms with Crippen LogP contribution in [0.25, 0.3) is 11.3 Å². The number of aromatic nitrogens is 2. The summed E-state index contributed by atoms with van der Waals surface area (Å²) in [5.41, 5.74) is 3.30. The molecule has 1 aromatic heterocycles. The lowest BCUT2D eigenvalue weighted by molar-refractivity contribution is 0.696. The molecule has 0 amide bonds. The van der Waals surface area contributed by atoms with E-state index in [1.54, 1.807) is 0 Å². The highest BCUT2D eigenvalue weighted by Crippen LogP contribution is 2.24. The minimum absolute atomic E-state index is 0.510. The molecule has 0 radical (unpaired) electrons. The maximum atomic E-state index is 8.70. The Labute approximate surface area is 101 Å².